The van der Waals surface area contributed by atoms with Gasteiger partial charge in [-0.15, -0.1) is 0 Å². The fraction of sp³-hybridized carbons (Fsp3) is 0.174. The Kier molecular flexibility index (Phi) is 7.75. The van der Waals surface area contributed by atoms with E-state index in [1.165, 1.54) is 41.4 Å². The van der Waals surface area contributed by atoms with Crippen LogP contribution in [0.5, 0.6) is 0 Å². The normalized spacial score (nSPS) is 11.3. The molecule has 0 spiro atoms. The second-order valence-electron chi connectivity index (χ2n) is 7.41. The van der Waals surface area contributed by atoms with Crippen LogP contribution in [0.1, 0.15) is 37.5 Å². The number of hydrogen-bond acceptors (Lipinski definition) is 4. The lowest BCUT2D eigenvalue weighted by atomic mass is 10.0. The van der Waals surface area contributed by atoms with Crippen molar-refractivity contribution in [2.45, 2.75) is 12.7 Å². The second-order valence-corrected chi connectivity index (χ2v) is 8.63. The summed E-state index contributed by atoms with van der Waals surface area (Å²) in [5.41, 5.74) is -0.401. The molecule has 3 aromatic rings. The Morgan fingerprint density at radius 3 is 2.35 bits per heavy atom. The van der Waals surface area contributed by atoms with Crippen LogP contribution in [0, 0.1) is 0 Å². The molecule has 0 unspecified atom stereocenters. The highest BCUT2D eigenvalue weighted by molar-refractivity contribution is 6.38. The first-order valence-corrected chi connectivity index (χ1v) is 10.8. The van der Waals surface area contributed by atoms with E-state index >= 15 is 0 Å². The highest BCUT2D eigenvalue weighted by atomic mass is 35.5. The summed E-state index contributed by atoms with van der Waals surface area (Å²) in [4.78, 5) is 31.0. The number of carbonyl (C=O) groups excluding carboxylic acids is 2. The molecule has 34 heavy (non-hydrogen) atoms. The minimum atomic E-state index is -4.61. The first-order chi connectivity index (χ1) is 15.9. The van der Waals surface area contributed by atoms with Crippen LogP contribution >= 0.6 is 34.8 Å². The first-order valence-electron chi connectivity index (χ1n) is 9.70. The SMILES string of the molecule is CN(C)C(=O)c1cccc(C(=O)c2ncc(Cl)cc2NCc2ccc(Cl)c(C(F)(F)F)c2)c1Cl. The Balaban J connectivity index is 1.95. The molecule has 2 aromatic carbocycles. The number of pyridine rings is 1. The molecule has 11 heteroatoms. The molecular formula is C23H17Cl3F3N3O2. The van der Waals surface area contributed by atoms with Gasteiger partial charge >= 0.3 is 6.18 Å². The zero-order valence-corrected chi connectivity index (χ0v) is 20.1. The van der Waals surface area contributed by atoms with Gasteiger partial charge in [0.25, 0.3) is 5.91 Å². The van der Waals surface area contributed by atoms with Crippen LogP contribution in [0.25, 0.3) is 0 Å². The van der Waals surface area contributed by atoms with Gasteiger partial charge in [0.05, 0.1) is 31.9 Å². The lowest BCUT2D eigenvalue weighted by Crippen LogP contribution is -2.22. The van der Waals surface area contributed by atoms with E-state index in [0.29, 0.717) is 0 Å². The summed E-state index contributed by atoms with van der Waals surface area (Å²) in [6.07, 6.45) is -3.36. The molecule has 0 aliphatic rings. The molecule has 0 aliphatic carbocycles. The summed E-state index contributed by atoms with van der Waals surface area (Å²) < 4.78 is 39.5. The number of halogens is 6. The maximum atomic E-state index is 13.3. The van der Waals surface area contributed by atoms with E-state index in [1.807, 2.05) is 0 Å². The fourth-order valence-electron chi connectivity index (χ4n) is 3.09. The van der Waals surface area contributed by atoms with Crippen LogP contribution in [0.15, 0.2) is 48.7 Å². The minimum absolute atomic E-state index is 0.0399. The predicted molar refractivity (Wildman–Crippen MR) is 126 cm³/mol. The number of carbonyl (C=O) groups is 2. The minimum Gasteiger partial charge on any atom is -0.379 e. The van der Waals surface area contributed by atoms with Crippen molar-refractivity contribution in [1.29, 1.82) is 0 Å². The number of nitrogens with zero attached hydrogens (tertiary/aromatic N) is 2. The lowest BCUT2D eigenvalue weighted by Gasteiger charge is -2.15. The molecule has 1 heterocycles. The number of anilines is 1. The highest BCUT2D eigenvalue weighted by Gasteiger charge is 2.33. The van der Waals surface area contributed by atoms with E-state index < -0.39 is 22.5 Å². The Morgan fingerprint density at radius 1 is 1.03 bits per heavy atom. The Hall–Kier alpha value is -2.81. The Labute approximate surface area is 208 Å². The zero-order valence-electron chi connectivity index (χ0n) is 17.8. The quantitative estimate of drug-likeness (QED) is 0.365. The standard InChI is InChI=1S/C23H17Cl3F3N3O2/c1-32(2)22(34)15-5-3-4-14(19(15)26)21(33)20-18(9-13(24)11-31-20)30-10-12-6-7-17(25)16(8-12)23(27,28)29/h3-9,11,30H,10H2,1-2H3. The van der Waals surface area contributed by atoms with E-state index in [0.717, 1.165) is 12.1 Å². The molecule has 1 N–H and O–H groups in total. The van der Waals surface area contributed by atoms with Crippen molar-refractivity contribution in [3.63, 3.8) is 0 Å². The molecule has 3 rings (SSSR count). The van der Waals surface area contributed by atoms with Crippen LogP contribution < -0.4 is 5.32 Å². The van der Waals surface area contributed by atoms with E-state index in [1.54, 1.807) is 14.1 Å². The maximum Gasteiger partial charge on any atom is 0.417 e. The number of amides is 1. The molecule has 0 saturated heterocycles. The van der Waals surface area contributed by atoms with Gasteiger partial charge in [0.2, 0.25) is 5.78 Å². The molecule has 0 aliphatic heterocycles. The largest absolute Gasteiger partial charge is 0.417 e. The molecule has 1 aromatic heterocycles. The number of aromatic nitrogens is 1. The van der Waals surface area contributed by atoms with Crippen LogP contribution in [0.4, 0.5) is 18.9 Å². The fourth-order valence-corrected chi connectivity index (χ4v) is 3.77. The number of hydrogen-bond donors (Lipinski definition) is 1. The number of ketones is 1. The molecule has 0 bridgehead atoms. The molecule has 0 fully saturated rings. The molecule has 178 valence electrons. The van der Waals surface area contributed by atoms with Gasteiger partial charge in [-0.25, -0.2) is 4.98 Å². The summed E-state index contributed by atoms with van der Waals surface area (Å²) >= 11 is 18.1. The monoisotopic (exact) mass is 529 g/mol. The Morgan fingerprint density at radius 2 is 1.71 bits per heavy atom. The third-order valence-corrected chi connectivity index (χ3v) is 5.71. The maximum absolute atomic E-state index is 13.3. The molecular weight excluding hydrogens is 514 g/mol. The van der Waals surface area contributed by atoms with E-state index in [-0.39, 0.29) is 50.6 Å². The van der Waals surface area contributed by atoms with Crippen molar-refractivity contribution in [1.82, 2.24) is 9.88 Å². The van der Waals surface area contributed by atoms with Gasteiger partial charge in [-0.1, -0.05) is 46.9 Å². The number of rotatable bonds is 6. The van der Waals surface area contributed by atoms with Gasteiger partial charge in [0, 0.05) is 32.4 Å². The second kappa shape index (κ2) is 10.2. The van der Waals surface area contributed by atoms with Crippen LogP contribution in [0.2, 0.25) is 15.1 Å². The molecule has 0 saturated carbocycles. The van der Waals surface area contributed by atoms with Gasteiger partial charge in [0.15, 0.2) is 0 Å². The Bertz CT molecular complexity index is 1260. The van der Waals surface area contributed by atoms with Gasteiger partial charge in [0.1, 0.15) is 5.69 Å². The van der Waals surface area contributed by atoms with E-state index in [9.17, 15) is 22.8 Å². The average Bonchev–Trinajstić information content (AvgIpc) is 2.77. The van der Waals surface area contributed by atoms with Crippen molar-refractivity contribution in [3.8, 4) is 0 Å². The van der Waals surface area contributed by atoms with Crippen molar-refractivity contribution in [2.75, 3.05) is 19.4 Å². The van der Waals surface area contributed by atoms with Crippen LogP contribution in [-0.4, -0.2) is 35.7 Å². The summed E-state index contributed by atoms with van der Waals surface area (Å²) in [5.74, 6) is -0.977. The summed E-state index contributed by atoms with van der Waals surface area (Å²) in [6.45, 7) is -0.0740. The van der Waals surface area contributed by atoms with Crippen LogP contribution in [-0.2, 0) is 12.7 Å². The van der Waals surface area contributed by atoms with Crippen molar-refractivity contribution in [2.24, 2.45) is 0 Å². The molecule has 1 amide bonds. The summed E-state index contributed by atoms with van der Waals surface area (Å²) in [6, 6.07) is 9.38. The van der Waals surface area contributed by atoms with E-state index in [2.05, 4.69) is 10.3 Å². The third kappa shape index (κ3) is 5.63. The lowest BCUT2D eigenvalue weighted by molar-refractivity contribution is -0.137. The van der Waals surface area contributed by atoms with Gasteiger partial charge in [-0.05, 0) is 35.9 Å². The molecule has 0 atom stereocenters. The summed E-state index contributed by atoms with van der Waals surface area (Å²) in [7, 11) is 3.10. The average molecular weight is 531 g/mol. The van der Waals surface area contributed by atoms with Gasteiger partial charge in [-0.3, -0.25) is 9.59 Å². The number of alkyl halides is 3. The van der Waals surface area contributed by atoms with Crippen molar-refractivity contribution in [3.05, 3.63) is 91.7 Å². The van der Waals surface area contributed by atoms with Crippen LogP contribution in [0.3, 0.4) is 0 Å². The van der Waals surface area contributed by atoms with Gasteiger partial charge in [-0.2, -0.15) is 13.2 Å². The van der Waals surface area contributed by atoms with Crippen molar-refractivity contribution < 1.29 is 22.8 Å². The number of benzene rings is 2. The third-order valence-electron chi connectivity index (χ3n) is 4.77. The zero-order chi connectivity index (χ0) is 25.2. The highest BCUT2D eigenvalue weighted by Crippen LogP contribution is 2.35. The van der Waals surface area contributed by atoms with Crippen molar-refractivity contribution >= 4 is 52.2 Å². The molecule has 0 radical (unpaired) electrons. The predicted octanol–water partition coefficient (Wildman–Crippen LogP) is 6.61. The summed E-state index contributed by atoms with van der Waals surface area (Å²) in [5, 5.41) is 2.64. The smallest absolute Gasteiger partial charge is 0.379 e. The number of nitrogens with one attached hydrogen (secondary N) is 1. The molecule has 5 nitrogen and oxygen atoms in total. The van der Waals surface area contributed by atoms with E-state index in [4.69, 9.17) is 34.8 Å². The first kappa shape index (κ1) is 25.8. The topological polar surface area (TPSA) is 62.3 Å². The van der Waals surface area contributed by atoms with Gasteiger partial charge < -0.3 is 10.2 Å².